The molecule has 1 radical (unpaired) electrons. The van der Waals surface area contributed by atoms with E-state index in [9.17, 15) is 4.79 Å². The predicted octanol–water partition coefficient (Wildman–Crippen LogP) is 0.578. The predicted molar refractivity (Wildman–Crippen MR) is 39.6 cm³/mol. The van der Waals surface area contributed by atoms with Gasteiger partial charge in [0, 0.05) is 26.7 Å². The fourth-order valence-corrected chi connectivity index (χ4v) is 1.14. The minimum atomic E-state index is 0.112. The van der Waals surface area contributed by atoms with Gasteiger partial charge in [-0.3, -0.25) is 0 Å². The van der Waals surface area contributed by atoms with Crippen LogP contribution in [-0.4, -0.2) is 42.5 Å². The Kier molecular flexibility index (Phi) is 2.14. The molecule has 57 valence electrons. The van der Waals surface area contributed by atoms with Crippen molar-refractivity contribution in [1.82, 2.24) is 9.80 Å². The first-order valence-electron chi connectivity index (χ1n) is 3.55. The summed E-state index contributed by atoms with van der Waals surface area (Å²) >= 11 is 0. The molecule has 0 spiro atoms. The van der Waals surface area contributed by atoms with E-state index in [0.717, 1.165) is 19.5 Å². The molecule has 2 amide bonds. The van der Waals surface area contributed by atoms with E-state index in [4.69, 9.17) is 0 Å². The first kappa shape index (κ1) is 7.38. The highest BCUT2D eigenvalue weighted by Crippen LogP contribution is 2.05. The van der Waals surface area contributed by atoms with Gasteiger partial charge >= 0.3 is 6.03 Å². The van der Waals surface area contributed by atoms with Crippen molar-refractivity contribution >= 4 is 6.03 Å². The fourth-order valence-electron chi connectivity index (χ4n) is 1.14. The van der Waals surface area contributed by atoms with Crippen LogP contribution in [0.1, 0.15) is 6.42 Å². The van der Waals surface area contributed by atoms with Gasteiger partial charge in [0.05, 0.1) is 0 Å². The second-order valence-corrected chi connectivity index (χ2v) is 2.54. The zero-order valence-electron chi connectivity index (χ0n) is 6.34. The average Bonchev–Trinajstić information content (AvgIpc) is 1.95. The molecule has 0 aromatic carbocycles. The van der Waals surface area contributed by atoms with Crippen molar-refractivity contribution in [2.45, 2.75) is 6.42 Å². The third kappa shape index (κ3) is 1.23. The lowest BCUT2D eigenvalue weighted by Gasteiger charge is -2.32. The van der Waals surface area contributed by atoms with Gasteiger partial charge in [0.1, 0.15) is 0 Å². The Morgan fingerprint density at radius 2 is 2.30 bits per heavy atom. The molecule has 0 unspecified atom stereocenters. The lowest BCUT2D eigenvalue weighted by molar-refractivity contribution is 0.147. The summed E-state index contributed by atoms with van der Waals surface area (Å²) in [6.07, 6.45) is 1.07. The Labute approximate surface area is 61.6 Å². The number of nitrogens with zero attached hydrogens (tertiary/aromatic N) is 2. The van der Waals surface area contributed by atoms with Gasteiger partial charge in [-0.05, 0) is 13.3 Å². The Hall–Kier alpha value is -0.730. The molecular formula is C7H13N2O. The van der Waals surface area contributed by atoms with E-state index >= 15 is 0 Å². The van der Waals surface area contributed by atoms with Crippen molar-refractivity contribution in [2.24, 2.45) is 0 Å². The van der Waals surface area contributed by atoms with Gasteiger partial charge in [0.25, 0.3) is 0 Å². The van der Waals surface area contributed by atoms with Crippen LogP contribution in [0.25, 0.3) is 0 Å². The maximum absolute atomic E-state index is 11.2. The topological polar surface area (TPSA) is 23.6 Å². The first-order chi connectivity index (χ1) is 4.75. The highest BCUT2D eigenvalue weighted by molar-refractivity contribution is 5.74. The van der Waals surface area contributed by atoms with Crippen molar-refractivity contribution in [3.05, 3.63) is 6.92 Å². The summed E-state index contributed by atoms with van der Waals surface area (Å²) in [5.74, 6) is 0. The van der Waals surface area contributed by atoms with Crippen molar-refractivity contribution in [1.29, 1.82) is 0 Å². The molecule has 0 N–H and O–H groups in total. The molecule has 0 bridgehead atoms. The number of hydrogen-bond donors (Lipinski definition) is 0. The van der Waals surface area contributed by atoms with Gasteiger partial charge in [-0.15, -0.1) is 0 Å². The molecule has 1 aliphatic heterocycles. The molecule has 0 aliphatic carbocycles. The lowest BCUT2D eigenvalue weighted by Crippen LogP contribution is -2.47. The fraction of sp³-hybridized carbons (Fsp3) is 0.714. The van der Waals surface area contributed by atoms with Crippen LogP contribution in [0.3, 0.4) is 0 Å². The summed E-state index contributed by atoms with van der Waals surface area (Å²) in [5.41, 5.74) is 0. The highest BCUT2D eigenvalue weighted by atomic mass is 16.2. The smallest absolute Gasteiger partial charge is 0.319 e. The first-order valence-corrected chi connectivity index (χ1v) is 3.55. The van der Waals surface area contributed by atoms with E-state index in [1.807, 2.05) is 7.05 Å². The molecule has 1 rings (SSSR count). The van der Waals surface area contributed by atoms with Gasteiger partial charge in [-0.25, -0.2) is 4.79 Å². The molecule has 1 saturated heterocycles. The summed E-state index contributed by atoms with van der Waals surface area (Å²) in [4.78, 5) is 14.7. The SMILES string of the molecule is [CH2]CN1CCCN(C)C1=O. The van der Waals surface area contributed by atoms with Crippen molar-refractivity contribution in [3.63, 3.8) is 0 Å². The van der Waals surface area contributed by atoms with E-state index in [1.165, 1.54) is 0 Å². The average molecular weight is 141 g/mol. The molecule has 3 heteroatoms. The van der Waals surface area contributed by atoms with Crippen LogP contribution in [0.15, 0.2) is 0 Å². The summed E-state index contributed by atoms with van der Waals surface area (Å²) in [6.45, 7) is 6.01. The van der Waals surface area contributed by atoms with E-state index in [2.05, 4.69) is 6.92 Å². The zero-order chi connectivity index (χ0) is 7.56. The Morgan fingerprint density at radius 3 is 2.80 bits per heavy atom. The van der Waals surface area contributed by atoms with E-state index in [1.54, 1.807) is 9.80 Å². The van der Waals surface area contributed by atoms with E-state index in [-0.39, 0.29) is 6.03 Å². The molecule has 1 fully saturated rings. The Balaban J connectivity index is 2.51. The lowest BCUT2D eigenvalue weighted by atomic mass is 10.3. The maximum Gasteiger partial charge on any atom is 0.319 e. The van der Waals surface area contributed by atoms with Gasteiger partial charge in [-0.1, -0.05) is 0 Å². The standard InChI is InChI=1S/C7H13N2O/c1-3-9-6-4-5-8(2)7(9)10/h1,3-6H2,2H3. The van der Waals surface area contributed by atoms with Crippen LogP contribution in [0.2, 0.25) is 0 Å². The summed E-state index contributed by atoms with van der Waals surface area (Å²) in [5, 5.41) is 0. The van der Waals surface area contributed by atoms with Crippen molar-refractivity contribution < 1.29 is 4.79 Å². The largest absolute Gasteiger partial charge is 0.328 e. The number of rotatable bonds is 1. The Morgan fingerprint density at radius 1 is 1.60 bits per heavy atom. The normalized spacial score (nSPS) is 20.0. The molecule has 10 heavy (non-hydrogen) atoms. The Bertz CT molecular complexity index is 136. The van der Waals surface area contributed by atoms with E-state index in [0.29, 0.717) is 6.54 Å². The van der Waals surface area contributed by atoms with Crippen LogP contribution < -0.4 is 0 Å². The molecule has 1 heterocycles. The quantitative estimate of drug-likeness (QED) is 0.524. The molecule has 3 nitrogen and oxygen atoms in total. The van der Waals surface area contributed by atoms with Gasteiger partial charge < -0.3 is 9.80 Å². The number of hydrogen-bond acceptors (Lipinski definition) is 1. The number of carbonyl (C=O) groups is 1. The van der Waals surface area contributed by atoms with Crippen LogP contribution in [0, 0.1) is 6.92 Å². The molecule has 1 aliphatic rings. The number of urea groups is 1. The maximum atomic E-state index is 11.2. The molecule has 0 saturated carbocycles. The highest BCUT2D eigenvalue weighted by Gasteiger charge is 2.20. The van der Waals surface area contributed by atoms with E-state index < -0.39 is 0 Å². The second kappa shape index (κ2) is 2.90. The monoisotopic (exact) mass is 141 g/mol. The minimum absolute atomic E-state index is 0.112. The molecule has 0 aromatic heterocycles. The van der Waals surface area contributed by atoms with Crippen LogP contribution in [0.4, 0.5) is 4.79 Å². The molecule has 0 aromatic rings. The zero-order valence-corrected chi connectivity index (χ0v) is 6.34. The van der Waals surface area contributed by atoms with Gasteiger partial charge in [-0.2, -0.15) is 0 Å². The third-order valence-electron chi connectivity index (χ3n) is 1.79. The summed E-state index contributed by atoms with van der Waals surface area (Å²) in [7, 11) is 1.82. The number of amides is 2. The van der Waals surface area contributed by atoms with Crippen molar-refractivity contribution in [2.75, 3.05) is 26.7 Å². The van der Waals surface area contributed by atoms with Gasteiger partial charge in [0.15, 0.2) is 0 Å². The minimum Gasteiger partial charge on any atom is -0.328 e. The molecule has 0 atom stereocenters. The van der Waals surface area contributed by atoms with Crippen LogP contribution in [-0.2, 0) is 0 Å². The summed E-state index contributed by atoms with van der Waals surface area (Å²) in [6, 6.07) is 0.112. The summed E-state index contributed by atoms with van der Waals surface area (Å²) < 4.78 is 0. The number of carbonyl (C=O) groups excluding carboxylic acids is 1. The van der Waals surface area contributed by atoms with Crippen LogP contribution >= 0.6 is 0 Å². The molecular weight excluding hydrogens is 128 g/mol. The second-order valence-electron chi connectivity index (χ2n) is 2.54. The van der Waals surface area contributed by atoms with Gasteiger partial charge in [0.2, 0.25) is 0 Å². The van der Waals surface area contributed by atoms with Crippen LogP contribution in [0.5, 0.6) is 0 Å². The third-order valence-corrected chi connectivity index (χ3v) is 1.79. The van der Waals surface area contributed by atoms with Crippen molar-refractivity contribution in [3.8, 4) is 0 Å².